The molecule has 0 spiro atoms. The van der Waals surface area contributed by atoms with Gasteiger partial charge in [0.05, 0.1) is 11.9 Å². The van der Waals surface area contributed by atoms with Crippen molar-refractivity contribution in [2.24, 2.45) is 5.73 Å². The molecular formula is C15H24N4O. The van der Waals surface area contributed by atoms with Crippen LogP contribution in [-0.4, -0.2) is 30.5 Å². The molecule has 0 aliphatic carbocycles. The molecule has 5 nitrogen and oxygen atoms in total. The normalized spacial score (nSPS) is 15.8. The summed E-state index contributed by atoms with van der Waals surface area (Å²) < 4.78 is 0. The van der Waals surface area contributed by atoms with Crippen molar-refractivity contribution in [2.45, 2.75) is 38.5 Å². The molecule has 0 unspecified atom stereocenters. The molecule has 20 heavy (non-hydrogen) atoms. The summed E-state index contributed by atoms with van der Waals surface area (Å²) in [4.78, 5) is 18.3. The van der Waals surface area contributed by atoms with Gasteiger partial charge in [-0.25, -0.2) is 4.98 Å². The highest BCUT2D eigenvalue weighted by atomic mass is 16.1. The van der Waals surface area contributed by atoms with E-state index in [1.807, 2.05) is 18.3 Å². The summed E-state index contributed by atoms with van der Waals surface area (Å²) in [5.41, 5.74) is 6.53. The molecule has 0 atom stereocenters. The van der Waals surface area contributed by atoms with E-state index in [1.54, 1.807) is 0 Å². The number of hydrogen-bond acceptors (Lipinski definition) is 4. The first-order chi connectivity index (χ1) is 9.79. The summed E-state index contributed by atoms with van der Waals surface area (Å²) in [6.45, 7) is 2.74. The first kappa shape index (κ1) is 14.8. The van der Waals surface area contributed by atoms with Gasteiger partial charge in [-0.05, 0) is 37.9 Å². The molecule has 2 rings (SSSR count). The van der Waals surface area contributed by atoms with E-state index in [-0.39, 0.29) is 5.91 Å². The maximum Gasteiger partial charge on any atom is 0.225 e. The highest BCUT2D eigenvalue weighted by Gasteiger charge is 2.10. The van der Waals surface area contributed by atoms with Crippen molar-refractivity contribution in [3.8, 4) is 0 Å². The molecule has 1 amide bonds. The van der Waals surface area contributed by atoms with Crippen molar-refractivity contribution in [3.05, 3.63) is 18.3 Å². The van der Waals surface area contributed by atoms with Crippen LogP contribution in [0.15, 0.2) is 18.3 Å². The number of carbonyl (C=O) groups excluding carboxylic acids is 1. The zero-order valence-electron chi connectivity index (χ0n) is 12.0. The number of anilines is 2. The number of rotatable bonds is 5. The molecule has 1 aliphatic heterocycles. The van der Waals surface area contributed by atoms with E-state index in [4.69, 9.17) is 5.73 Å². The van der Waals surface area contributed by atoms with Crippen molar-refractivity contribution in [2.75, 3.05) is 29.9 Å². The SMILES string of the molecule is NCCCC(=O)Nc1ccc(N2CCCCCC2)cn1. The van der Waals surface area contributed by atoms with Crippen molar-refractivity contribution in [1.82, 2.24) is 4.98 Å². The minimum Gasteiger partial charge on any atom is -0.370 e. The lowest BCUT2D eigenvalue weighted by Gasteiger charge is -2.22. The van der Waals surface area contributed by atoms with Crippen LogP contribution in [0.5, 0.6) is 0 Å². The summed E-state index contributed by atoms with van der Waals surface area (Å²) in [6, 6.07) is 3.91. The van der Waals surface area contributed by atoms with Gasteiger partial charge < -0.3 is 16.0 Å². The standard InChI is InChI=1S/C15H24N4O/c16-9-5-6-15(20)18-14-8-7-13(12-17-14)19-10-3-1-2-4-11-19/h7-8,12H,1-6,9-11,16H2,(H,17,18,20). The van der Waals surface area contributed by atoms with E-state index in [1.165, 1.54) is 25.7 Å². The average molecular weight is 276 g/mol. The van der Waals surface area contributed by atoms with Crippen LogP contribution in [0, 0.1) is 0 Å². The van der Waals surface area contributed by atoms with E-state index in [0.29, 0.717) is 25.2 Å². The minimum atomic E-state index is -0.0227. The second-order valence-electron chi connectivity index (χ2n) is 5.24. The predicted molar refractivity (Wildman–Crippen MR) is 81.8 cm³/mol. The molecule has 0 saturated carbocycles. The number of nitrogens with two attached hydrogens (primary N) is 1. The Labute approximate surface area is 120 Å². The number of pyridine rings is 1. The lowest BCUT2D eigenvalue weighted by atomic mass is 10.2. The van der Waals surface area contributed by atoms with Crippen molar-refractivity contribution in [1.29, 1.82) is 0 Å². The van der Waals surface area contributed by atoms with Crippen LogP contribution in [0.2, 0.25) is 0 Å². The third-order valence-electron chi connectivity index (χ3n) is 3.59. The van der Waals surface area contributed by atoms with Crippen LogP contribution in [0.1, 0.15) is 38.5 Å². The van der Waals surface area contributed by atoms with Gasteiger partial charge in [-0.3, -0.25) is 4.79 Å². The van der Waals surface area contributed by atoms with Crippen LogP contribution in [0.3, 0.4) is 0 Å². The molecule has 2 heterocycles. The molecule has 0 bridgehead atoms. The summed E-state index contributed by atoms with van der Waals surface area (Å²) >= 11 is 0. The molecule has 3 N–H and O–H groups in total. The van der Waals surface area contributed by atoms with Gasteiger partial charge in [0.2, 0.25) is 5.91 Å². The first-order valence-electron chi connectivity index (χ1n) is 7.50. The Hall–Kier alpha value is -1.62. The monoisotopic (exact) mass is 276 g/mol. The Morgan fingerprint density at radius 3 is 2.60 bits per heavy atom. The zero-order valence-corrected chi connectivity index (χ0v) is 12.0. The topological polar surface area (TPSA) is 71.2 Å². The van der Waals surface area contributed by atoms with Gasteiger partial charge in [-0.15, -0.1) is 0 Å². The summed E-state index contributed by atoms with van der Waals surface area (Å²) in [6.07, 6.45) is 8.14. The number of hydrogen-bond donors (Lipinski definition) is 2. The van der Waals surface area contributed by atoms with Crippen LogP contribution < -0.4 is 16.0 Å². The highest BCUT2D eigenvalue weighted by Crippen LogP contribution is 2.19. The molecule has 1 fully saturated rings. The number of carbonyl (C=O) groups is 1. The van der Waals surface area contributed by atoms with E-state index in [0.717, 1.165) is 18.8 Å². The van der Waals surface area contributed by atoms with Gasteiger partial charge in [0.15, 0.2) is 0 Å². The summed E-state index contributed by atoms with van der Waals surface area (Å²) in [7, 11) is 0. The number of nitrogens with zero attached hydrogens (tertiary/aromatic N) is 2. The Morgan fingerprint density at radius 2 is 2.00 bits per heavy atom. The lowest BCUT2D eigenvalue weighted by Crippen LogP contribution is -2.24. The van der Waals surface area contributed by atoms with Crippen LogP contribution in [-0.2, 0) is 4.79 Å². The van der Waals surface area contributed by atoms with E-state index in [9.17, 15) is 4.79 Å². The fourth-order valence-electron chi connectivity index (χ4n) is 2.44. The maximum absolute atomic E-state index is 11.6. The van der Waals surface area contributed by atoms with Crippen molar-refractivity contribution in [3.63, 3.8) is 0 Å². The molecule has 0 radical (unpaired) electrons. The van der Waals surface area contributed by atoms with E-state index in [2.05, 4.69) is 15.2 Å². The average Bonchev–Trinajstić information content (AvgIpc) is 2.75. The Morgan fingerprint density at radius 1 is 1.25 bits per heavy atom. The highest BCUT2D eigenvalue weighted by molar-refractivity contribution is 5.89. The molecule has 1 aromatic rings. The Balaban J connectivity index is 1.90. The number of nitrogens with one attached hydrogen (secondary N) is 1. The van der Waals surface area contributed by atoms with Crippen LogP contribution in [0.25, 0.3) is 0 Å². The van der Waals surface area contributed by atoms with Crippen LogP contribution in [0.4, 0.5) is 11.5 Å². The molecule has 1 aliphatic rings. The number of aromatic nitrogens is 1. The fourth-order valence-corrected chi connectivity index (χ4v) is 2.44. The minimum absolute atomic E-state index is 0.0227. The maximum atomic E-state index is 11.6. The Bertz CT molecular complexity index is 410. The largest absolute Gasteiger partial charge is 0.370 e. The molecule has 1 aromatic heterocycles. The van der Waals surface area contributed by atoms with Gasteiger partial charge in [0.1, 0.15) is 5.82 Å². The first-order valence-corrected chi connectivity index (χ1v) is 7.50. The zero-order chi connectivity index (χ0) is 14.2. The number of amides is 1. The van der Waals surface area contributed by atoms with Gasteiger partial charge in [-0.2, -0.15) is 0 Å². The second kappa shape index (κ2) is 7.85. The van der Waals surface area contributed by atoms with Gasteiger partial charge in [-0.1, -0.05) is 12.8 Å². The van der Waals surface area contributed by atoms with E-state index < -0.39 is 0 Å². The van der Waals surface area contributed by atoms with Crippen molar-refractivity contribution >= 4 is 17.4 Å². The summed E-state index contributed by atoms with van der Waals surface area (Å²) in [5, 5.41) is 2.80. The molecule has 5 heteroatoms. The predicted octanol–water partition coefficient (Wildman–Crippen LogP) is 2.14. The third kappa shape index (κ3) is 4.49. The molecule has 0 aromatic carbocycles. The van der Waals surface area contributed by atoms with Gasteiger partial charge in [0.25, 0.3) is 0 Å². The van der Waals surface area contributed by atoms with Crippen molar-refractivity contribution < 1.29 is 4.79 Å². The Kier molecular flexibility index (Phi) is 5.80. The van der Waals surface area contributed by atoms with Crippen LogP contribution >= 0.6 is 0 Å². The molecule has 110 valence electrons. The quantitative estimate of drug-likeness (QED) is 0.864. The summed E-state index contributed by atoms with van der Waals surface area (Å²) in [5.74, 6) is 0.594. The molecule has 1 saturated heterocycles. The fraction of sp³-hybridized carbons (Fsp3) is 0.600. The van der Waals surface area contributed by atoms with Gasteiger partial charge >= 0.3 is 0 Å². The third-order valence-corrected chi connectivity index (χ3v) is 3.59. The second-order valence-corrected chi connectivity index (χ2v) is 5.24. The van der Waals surface area contributed by atoms with E-state index >= 15 is 0 Å². The lowest BCUT2D eigenvalue weighted by molar-refractivity contribution is -0.116. The smallest absolute Gasteiger partial charge is 0.225 e. The molecular weight excluding hydrogens is 252 g/mol. The van der Waals surface area contributed by atoms with Gasteiger partial charge in [0, 0.05) is 19.5 Å².